The normalized spacial score (nSPS) is 13.4. The minimum Gasteiger partial charge on any atom is -0.508 e. The Kier molecular flexibility index (Phi) is 5.55. The van der Waals surface area contributed by atoms with E-state index in [1.54, 1.807) is 31.2 Å². The second-order valence-corrected chi connectivity index (χ2v) is 5.46. The molecule has 2 atom stereocenters. The number of aromatic hydroxyl groups is 1. The van der Waals surface area contributed by atoms with Crippen LogP contribution < -0.4 is 5.32 Å². The van der Waals surface area contributed by atoms with Crippen LogP contribution in [-0.2, 0) is 17.6 Å². The zero-order chi connectivity index (χ0) is 15.9. The van der Waals surface area contributed by atoms with Crippen LogP contribution in [0.2, 0.25) is 0 Å². The maximum atomic E-state index is 12.0. The van der Waals surface area contributed by atoms with Crippen LogP contribution in [-0.4, -0.2) is 28.3 Å². The van der Waals surface area contributed by atoms with Crippen molar-refractivity contribution in [2.24, 2.45) is 0 Å². The van der Waals surface area contributed by atoms with Crippen LogP contribution >= 0.6 is 0 Å². The average molecular weight is 299 g/mol. The number of hydrogen-bond donors (Lipinski definition) is 3. The predicted octanol–water partition coefficient (Wildman–Crippen LogP) is 2.04. The van der Waals surface area contributed by atoms with Gasteiger partial charge < -0.3 is 15.5 Å². The molecule has 116 valence electrons. The Morgan fingerprint density at radius 2 is 1.68 bits per heavy atom. The van der Waals surface area contributed by atoms with E-state index in [2.05, 4.69) is 5.32 Å². The van der Waals surface area contributed by atoms with Gasteiger partial charge >= 0.3 is 0 Å². The lowest BCUT2D eigenvalue weighted by molar-refractivity contribution is -0.121. The first-order valence-corrected chi connectivity index (χ1v) is 7.34. The lowest BCUT2D eigenvalue weighted by Crippen LogP contribution is -2.42. The number of carbonyl (C=O) groups is 1. The fourth-order valence-corrected chi connectivity index (χ4v) is 2.23. The largest absolute Gasteiger partial charge is 0.508 e. The number of carbonyl (C=O) groups excluding carboxylic acids is 1. The number of aliphatic hydroxyl groups is 1. The SMILES string of the molecule is CC(NC(=O)Cc1ccc(O)cc1)C(O)Cc1ccccc1. The Labute approximate surface area is 130 Å². The van der Waals surface area contributed by atoms with Crippen LogP contribution in [0.5, 0.6) is 5.75 Å². The molecule has 4 heteroatoms. The van der Waals surface area contributed by atoms with Crippen molar-refractivity contribution < 1.29 is 15.0 Å². The maximum Gasteiger partial charge on any atom is 0.224 e. The number of nitrogens with one attached hydrogen (secondary N) is 1. The van der Waals surface area contributed by atoms with E-state index >= 15 is 0 Å². The molecule has 0 heterocycles. The predicted molar refractivity (Wildman–Crippen MR) is 85.6 cm³/mol. The van der Waals surface area contributed by atoms with E-state index in [0.717, 1.165) is 11.1 Å². The summed E-state index contributed by atoms with van der Waals surface area (Å²) < 4.78 is 0. The van der Waals surface area contributed by atoms with Crippen LogP contribution in [0.4, 0.5) is 0 Å². The molecule has 0 aliphatic rings. The van der Waals surface area contributed by atoms with Gasteiger partial charge in [0.05, 0.1) is 18.6 Å². The highest BCUT2D eigenvalue weighted by molar-refractivity contribution is 5.78. The first kappa shape index (κ1) is 16.0. The van der Waals surface area contributed by atoms with Gasteiger partial charge in [-0.05, 0) is 30.2 Å². The van der Waals surface area contributed by atoms with Crippen molar-refractivity contribution in [1.82, 2.24) is 5.32 Å². The van der Waals surface area contributed by atoms with E-state index < -0.39 is 6.10 Å². The first-order chi connectivity index (χ1) is 10.5. The molecule has 3 N–H and O–H groups in total. The highest BCUT2D eigenvalue weighted by Crippen LogP contribution is 2.10. The second kappa shape index (κ2) is 7.61. The molecule has 0 bridgehead atoms. The standard InChI is InChI=1S/C18H21NO3/c1-13(17(21)11-14-5-3-2-4-6-14)19-18(22)12-15-7-9-16(20)10-8-15/h2-10,13,17,20-21H,11-12H2,1H3,(H,19,22). The molecule has 2 rings (SSSR count). The molecule has 1 amide bonds. The van der Waals surface area contributed by atoms with E-state index in [1.807, 2.05) is 30.3 Å². The van der Waals surface area contributed by atoms with Gasteiger partial charge in [0.2, 0.25) is 5.91 Å². The quantitative estimate of drug-likeness (QED) is 0.764. The van der Waals surface area contributed by atoms with Crippen molar-refractivity contribution in [2.75, 3.05) is 0 Å². The number of phenols is 1. The van der Waals surface area contributed by atoms with Crippen molar-refractivity contribution in [2.45, 2.75) is 31.9 Å². The Bertz CT molecular complexity index is 595. The van der Waals surface area contributed by atoms with E-state index in [0.29, 0.717) is 6.42 Å². The summed E-state index contributed by atoms with van der Waals surface area (Å²) in [6, 6.07) is 15.9. The molecule has 2 aromatic carbocycles. The van der Waals surface area contributed by atoms with Crippen molar-refractivity contribution >= 4 is 5.91 Å². The fraction of sp³-hybridized carbons (Fsp3) is 0.278. The van der Waals surface area contributed by atoms with Crippen LogP contribution in [0.3, 0.4) is 0 Å². The van der Waals surface area contributed by atoms with Crippen molar-refractivity contribution in [1.29, 1.82) is 0 Å². The molecule has 0 saturated carbocycles. The first-order valence-electron chi connectivity index (χ1n) is 7.34. The molecule has 2 unspecified atom stereocenters. The third kappa shape index (κ3) is 4.90. The molecule has 0 fully saturated rings. The maximum absolute atomic E-state index is 12.0. The summed E-state index contributed by atoms with van der Waals surface area (Å²) in [7, 11) is 0. The molecule has 0 aliphatic heterocycles. The third-order valence-corrected chi connectivity index (χ3v) is 3.55. The molecule has 22 heavy (non-hydrogen) atoms. The molecule has 0 spiro atoms. The van der Waals surface area contributed by atoms with Gasteiger partial charge in [-0.15, -0.1) is 0 Å². The molecular formula is C18H21NO3. The summed E-state index contributed by atoms with van der Waals surface area (Å²) in [4.78, 5) is 12.0. The summed E-state index contributed by atoms with van der Waals surface area (Å²) in [6.45, 7) is 1.79. The Hall–Kier alpha value is -2.33. The summed E-state index contributed by atoms with van der Waals surface area (Å²) in [5.41, 5.74) is 1.86. The summed E-state index contributed by atoms with van der Waals surface area (Å²) in [5, 5.41) is 22.2. The van der Waals surface area contributed by atoms with Crippen molar-refractivity contribution in [3.63, 3.8) is 0 Å². The number of aliphatic hydroxyl groups excluding tert-OH is 1. The molecule has 2 aromatic rings. The molecular weight excluding hydrogens is 278 g/mol. The summed E-state index contributed by atoms with van der Waals surface area (Å²) in [6.07, 6.45) is 0.0932. The van der Waals surface area contributed by atoms with Gasteiger partial charge in [0, 0.05) is 6.42 Å². The molecule has 4 nitrogen and oxygen atoms in total. The lowest BCUT2D eigenvalue weighted by Gasteiger charge is -2.20. The second-order valence-electron chi connectivity index (χ2n) is 5.46. The van der Waals surface area contributed by atoms with Gasteiger partial charge in [-0.2, -0.15) is 0 Å². The number of amides is 1. The van der Waals surface area contributed by atoms with E-state index in [1.165, 1.54) is 0 Å². The van der Waals surface area contributed by atoms with Crippen LogP contribution in [0.25, 0.3) is 0 Å². The monoisotopic (exact) mass is 299 g/mol. The Morgan fingerprint density at radius 1 is 1.05 bits per heavy atom. The van der Waals surface area contributed by atoms with Gasteiger partial charge in [-0.1, -0.05) is 42.5 Å². The Balaban J connectivity index is 1.83. The molecule has 0 radical (unpaired) electrons. The van der Waals surface area contributed by atoms with Gasteiger partial charge in [-0.3, -0.25) is 4.79 Å². The van der Waals surface area contributed by atoms with Gasteiger partial charge in [-0.25, -0.2) is 0 Å². The van der Waals surface area contributed by atoms with Gasteiger partial charge in [0.25, 0.3) is 0 Å². The summed E-state index contributed by atoms with van der Waals surface area (Å²) in [5.74, 6) is 0.0288. The van der Waals surface area contributed by atoms with Gasteiger partial charge in [0.1, 0.15) is 5.75 Å². The molecule has 0 aromatic heterocycles. The minimum atomic E-state index is -0.633. The zero-order valence-corrected chi connectivity index (χ0v) is 12.6. The molecule has 0 aliphatic carbocycles. The van der Waals surface area contributed by atoms with Crippen molar-refractivity contribution in [3.8, 4) is 5.75 Å². The zero-order valence-electron chi connectivity index (χ0n) is 12.6. The fourth-order valence-electron chi connectivity index (χ4n) is 2.23. The van der Waals surface area contributed by atoms with Crippen LogP contribution in [0.1, 0.15) is 18.1 Å². The lowest BCUT2D eigenvalue weighted by atomic mass is 10.0. The third-order valence-electron chi connectivity index (χ3n) is 3.55. The minimum absolute atomic E-state index is 0.148. The van der Waals surface area contributed by atoms with Crippen molar-refractivity contribution in [3.05, 3.63) is 65.7 Å². The van der Waals surface area contributed by atoms with E-state index in [4.69, 9.17) is 0 Å². The van der Waals surface area contributed by atoms with E-state index in [9.17, 15) is 15.0 Å². The summed E-state index contributed by atoms with van der Waals surface area (Å²) >= 11 is 0. The smallest absolute Gasteiger partial charge is 0.224 e. The number of benzene rings is 2. The average Bonchev–Trinajstić information content (AvgIpc) is 2.50. The van der Waals surface area contributed by atoms with Gasteiger partial charge in [0.15, 0.2) is 0 Å². The highest BCUT2D eigenvalue weighted by Gasteiger charge is 2.17. The number of phenolic OH excluding ortho intramolecular Hbond substituents is 1. The number of rotatable bonds is 6. The van der Waals surface area contributed by atoms with Crippen LogP contribution in [0, 0.1) is 0 Å². The topological polar surface area (TPSA) is 69.6 Å². The highest BCUT2D eigenvalue weighted by atomic mass is 16.3. The Morgan fingerprint density at radius 3 is 2.32 bits per heavy atom. The van der Waals surface area contributed by atoms with Crippen LogP contribution in [0.15, 0.2) is 54.6 Å². The molecule has 0 saturated heterocycles. The van der Waals surface area contributed by atoms with E-state index in [-0.39, 0.29) is 24.1 Å². The number of hydrogen-bond acceptors (Lipinski definition) is 3.